The highest BCUT2D eigenvalue weighted by molar-refractivity contribution is 7.89. The van der Waals surface area contributed by atoms with E-state index in [4.69, 9.17) is 5.14 Å². The molecule has 0 saturated carbocycles. The molecule has 7 heteroatoms. The molecule has 2 aromatic rings. The third-order valence-electron chi connectivity index (χ3n) is 3.02. The first kappa shape index (κ1) is 15.7. The van der Waals surface area contributed by atoms with Gasteiger partial charge in [-0.25, -0.2) is 13.6 Å². The maximum Gasteiger partial charge on any atom is 0.261 e. The van der Waals surface area contributed by atoms with Gasteiger partial charge in [0.2, 0.25) is 10.0 Å². The number of amides is 1. The first-order valence-corrected chi connectivity index (χ1v) is 8.64. The number of primary sulfonamides is 1. The third-order valence-corrected chi connectivity index (χ3v) is 4.95. The molecule has 0 aliphatic heterocycles. The molecule has 1 heterocycles. The van der Waals surface area contributed by atoms with Gasteiger partial charge in [-0.3, -0.25) is 4.79 Å². The van der Waals surface area contributed by atoms with Gasteiger partial charge in [0.25, 0.3) is 5.91 Å². The number of carbonyl (C=O) groups excluding carboxylic acids is 1. The van der Waals surface area contributed by atoms with E-state index in [1.54, 1.807) is 18.2 Å². The quantitative estimate of drug-likeness (QED) is 0.903. The molecule has 3 N–H and O–H groups in total. The van der Waals surface area contributed by atoms with Crippen molar-refractivity contribution in [3.63, 3.8) is 0 Å². The van der Waals surface area contributed by atoms with Crippen molar-refractivity contribution in [2.75, 3.05) is 0 Å². The van der Waals surface area contributed by atoms with Gasteiger partial charge in [-0.05, 0) is 43.7 Å². The summed E-state index contributed by atoms with van der Waals surface area (Å²) >= 11 is 1.43. The summed E-state index contributed by atoms with van der Waals surface area (Å²) in [5, 5.41) is 7.92. The Morgan fingerprint density at radius 1 is 1.19 bits per heavy atom. The number of aryl methyl sites for hydroxylation is 1. The normalized spacial score (nSPS) is 12.9. The summed E-state index contributed by atoms with van der Waals surface area (Å²) in [5.74, 6) is -0.142. The van der Waals surface area contributed by atoms with E-state index in [1.807, 2.05) is 19.9 Å². The molecule has 0 aliphatic rings. The molecule has 5 nitrogen and oxygen atoms in total. The van der Waals surface area contributed by atoms with Crippen LogP contribution in [0, 0.1) is 6.92 Å². The van der Waals surface area contributed by atoms with Gasteiger partial charge < -0.3 is 5.32 Å². The van der Waals surface area contributed by atoms with Crippen LogP contribution in [0.25, 0.3) is 0 Å². The van der Waals surface area contributed by atoms with Crippen molar-refractivity contribution in [2.45, 2.75) is 24.8 Å². The van der Waals surface area contributed by atoms with Crippen LogP contribution in [0.3, 0.4) is 0 Å². The van der Waals surface area contributed by atoms with Crippen molar-refractivity contribution >= 4 is 27.3 Å². The van der Waals surface area contributed by atoms with E-state index in [9.17, 15) is 13.2 Å². The fourth-order valence-electron chi connectivity index (χ4n) is 1.85. The highest BCUT2D eigenvalue weighted by Crippen LogP contribution is 2.19. The zero-order valence-electron chi connectivity index (χ0n) is 11.7. The van der Waals surface area contributed by atoms with Gasteiger partial charge in [-0.2, -0.15) is 0 Å². The lowest BCUT2D eigenvalue weighted by Gasteiger charge is -2.14. The molecular weight excluding hydrogens is 308 g/mol. The second kappa shape index (κ2) is 5.97. The molecule has 0 radical (unpaired) electrons. The zero-order valence-corrected chi connectivity index (χ0v) is 13.3. The summed E-state index contributed by atoms with van der Waals surface area (Å²) in [4.78, 5) is 13.8. The highest BCUT2D eigenvalue weighted by Gasteiger charge is 2.14. The fourth-order valence-corrected chi connectivity index (χ4v) is 3.14. The summed E-state index contributed by atoms with van der Waals surface area (Å²) < 4.78 is 22.4. The van der Waals surface area contributed by atoms with Crippen LogP contribution in [0.5, 0.6) is 0 Å². The minimum Gasteiger partial charge on any atom is -0.345 e. The van der Waals surface area contributed by atoms with E-state index >= 15 is 0 Å². The van der Waals surface area contributed by atoms with Crippen molar-refractivity contribution in [1.29, 1.82) is 0 Å². The van der Waals surface area contributed by atoms with Crippen molar-refractivity contribution in [3.05, 3.63) is 51.7 Å². The van der Waals surface area contributed by atoms with Crippen molar-refractivity contribution < 1.29 is 13.2 Å². The van der Waals surface area contributed by atoms with Crippen LogP contribution >= 0.6 is 11.3 Å². The molecule has 21 heavy (non-hydrogen) atoms. The number of thiophene rings is 1. The van der Waals surface area contributed by atoms with Crippen LogP contribution in [0.4, 0.5) is 0 Å². The number of benzene rings is 1. The lowest BCUT2D eigenvalue weighted by atomic mass is 10.1. The molecule has 1 aromatic carbocycles. The molecule has 112 valence electrons. The average molecular weight is 324 g/mol. The van der Waals surface area contributed by atoms with Crippen LogP contribution in [-0.2, 0) is 10.0 Å². The molecule has 0 bridgehead atoms. The van der Waals surface area contributed by atoms with Crippen molar-refractivity contribution in [2.24, 2.45) is 5.14 Å². The molecule has 0 fully saturated rings. The minimum atomic E-state index is -3.69. The number of rotatable bonds is 4. The van der Waals surface area contributed by atoms with Crippen molar-refractivity contribution in [1.82, 2.24) is 5.32 Å². The second-order valence-corrected chi connectivity index (χ2v) is 7.57. The van der Waals surface area contributed by atoms with Gasteiger partial charge in [-0.15, -0.1) is 11.3 Å². The van der Waals surface area contributed by atoms with Gasteiger partial charge in [0.15, 0.2) is 0 Å². The lowest BCUT2D eigenvalue weighted by Crippen LogP contribution is -2.25. The largest absolute Gasteiger partial charge is 0.345 e. The summed E-state index contributed by atoms with van der Waals surface area (Å²) in [7, 11) is -3.69. The van der Waals surface area contributed by atoms with Gasteiger partial charge in [0.1, 0.15) is 0 Å². The minimum absolute atomic E-state index is 0.0543. The third kappa shape index (κ3) is 3.90. The number of hydrogen-bond donors (Lipinski definition) is 2. The molecule has 2 rings (SSSR count). The molecule has 0 unspecified atom stereocenters. The topological polar surface area (TPSA) is 89.3 Å². The lowest BCUT2D eigenvalue weighted by molar-refractivity contribution is 0.0944. The maximum atomic E-state index is 12.1. The SMILES string of the molecule is Cc1ccc(C(=O)N[C@@H](C)c2ccc(S(N)(=O)=O)cc2)s1. The van der Waals surface area contributed by atoms with E-state index in [2.05, 4.69) is 5.32 Å². The Morgan fingerprint density at radius 2 is 1.81 bits per heavy atom. The maximum absolute atomic E-state index is 12.1. The molecule has 0 aliphatic carbocycles. The van der Waals surface area contributed by atoms with E-state index in [-0.39, 0.29) is 16.8 Å². The molecule has 0 saturated heterocycles. The Morgan fingerprint density at radius 3 is 2.29 bits per heavy atom. The first-order valence-electron chi connectivity index (χ1n) is 6.27. The Labute approximate surface area is 127 Å². The number of sulfonamides is 1. The molecular formula is C14H16N2O3S2. The van der Waals surface area contributed by atoms with E-state index in [0.29, 0.717) is 4.88 Å². The van der Waals surface area contributed by atoms with Crippen LogP contribution in [0.15, 0.2) is 41.3 Å². The summed E-state index contributed by atoms with van der Waals surface area (Å²) in [6.07, 6.45) is 0. The molecule has 1 atom stereocenters. The summed E-state index contributed by atoms with van der Waals surface area (Å²) in [6, 6.07) is 9.60. The van der Waals surface area contributed by atoms with Gasteiger partial charge in [0, 0.05) is 4.88 Å². The second-order valence-electron chi connectivity index (χ2n) is 4.72. The average Bonchev–Trinajstić information content (AvgIpc) is 2.84. The summed E-state index contributed by atoms with van der Waals surface area (Å²) in [6.45, 7) is 3.78. The smallest absolute Gasteiger partial charge is 0.261 e. The fraction of sp³-hybridized carbons (Fsp3) is 0.214. The van der Waals surface area contributed by atoms with Crippen LogP contribution in [0.1, 0.15) is 33.1 Å². The Kier molecular flexibility index (Phi) is 4.46. The standard InChI is InChI=1S/C14H16N2O3S2/c1-9-3-8-13(20-9)14(17)16-10(2)11-4-6-12(7-5-11)21(15,18)19/h3-8,10H,1-2H3,(H,16,17)(H2,15,18,19)/t10-/m0/s1. The first-order chi connectivity index (χ1) is 9.77. The van der Waals surface area contributed by atoms with Gasteiger partial charge in [0.05, 0.1) is 15.8 Å². The van der Waals surface area contributed by atoms with E-state index in [1.165, 1.54) is 23.5 Å². The van der Waals surface area contributed by atoms with Crippen molar-refractivity contribution in [3.8, 4) is 0 Å². The molecule has 0 spiro atoms. The predicted molar refractivity (Wildman–Crippen MR) is 82.8 cm³/mol. The highest BCUT2D eigenvalue weighted by atomic mass is 32.2. The van der Waals surface area contributed by atoms with Gasteiger partial charge >= 0.3 is 0 Å². The van der Waals surface area contributed by atoms with E-state index in [0.717, 1.165) is 10.4 Å². The Hall–Kier alpha value is -1.70. The molecule has 1 amide bonds. The van der Waals surface area contributed by atoms with Crippen LogP contribution < -0.4 is 10.5 Å². The van der Waals surface area contributed by atoms with Crippen LogP contribution in [0.2, 0.25) is 0 Å². The summed E-state index contributed by atoms with van der Waals surface area (Å²) in [5.41, 5.74) is 0.809. The number of carbonyl (C=O) groups is 1. The Bertz CT molecular complexity index is 749. The Balaban J connectivity index is 2.10. The number of nitrogens with two attached hydrogens (primary N) is 1. The number of hydrogen-bond acceptors (Lipinski definition) is 4. The molecule has 1 aromatic heterocycles. The zero-order chi connectivity index (χ0) is 15.6. The monoisotopic (exact) mass is 324 g/mol. The van der Waals surface area contributed by atoms with E-state index < -0.39 is 10.0 Å². The van der Waals surface area contributed by atoms with Crippen LogP contribution in [-0.4, -0.2) is 14.3 Å². The van der Waals surface area contributed by atoms with Gasteiger partial charge in [-0.1, -0.05) is 12.1 Å². The predicted octanol–water partition coefficient (Wildman–Crippen LogP) is 2.19. The number of nitrogens with one attached hydrogen (secondary N) is 1.